The van der Waals surface area contributed by atoms with Crippen LogP contribution in [0.1, 0.15) is 19.4 Å². The van der Waals surface area contributed by atoms with E-state index in [0.717, 1.165) is 23.5 Å². The molecule has 0 radical (unpaired) electrons. The largest absolute Gasteiger partial charge is 0.492 e. The number of benzene rings is 2. The molecule has 0 spiro atoms. The van der Waals surface area contributed by atoms with E-state index in [9.17, 15) is 4.79 Å². The van der Waals surface area contributed by atoms with Gasteiger partial charge in [-0.1, -0.05) is 43.3 Å². The van der Waals surface area contributed by atoms with Gasteiger partial charge in [0.1, 0.15) is 18.1 Å². The minimum atomic E-state index is -0.542. The Kier molecular flexibility index (Phi) is 6.48. The van der Waals surface area contributed by atoms with Crippen LogP contribution in [0.15, 0.2) is 54.6 Å². The maximum absolute atomic E-state index is 12.1. The minimum absolute atomic E-state index is 0.146. The Morgan fingerprint density at radius 3 is 2.52 bits per heavy atom. The number of rotatable bonds is 8. The van der Waals surface area contributed by atoms with Crippen LogP contribution < -0.4 is 14.8 Å². The molecule has 0 aromatic heterocycles. The van der Waals surface area contributed by atoms with E-state index in [4.69, 9.17) is 9.47 Å². The fraction of sp³-hybridized carbons (Fsp3) is 0.316. The molecule has 1 atom stereocenters. The highest BCUT2D eigenvalue weighted by Crippen LogP contribution is 2.19. The average molecular weight is 313 g/mol. The smallest absolute Gasteiger partial charge is 0.260 e. The molecule has 0 bridgehead atoms. The van der Waals surface area contributed by atoms with Gasteiger partial charge in [0.25, 0.3) is 5.91 Å². The molecule has 23 heavy (non-hydrogen) atoms. The van der Waals surface area contributed by atoms with E-state index >= 15 is 0 Å². The van der Waals surface area contributed by atoms with Crippen LogP contribution in [-0.2, 0) is 11.2 Å². The summed E-state index contributed by atoms with van der Waals surface area (Å²) in [5.41, 5.74) is 1.10. The van der Waals surface area contributed by atoms with Gasteiger partial charge in [-0.15, -0.1) is 0 Å². The van der Waals surface area contributed by atoms with Crippen molar-refractivity contribution >= 4 is 5.91 Å². The van der Waals surface area contributed by atoms with Crippen LogP contribution >= 0.6 is 0 Å². The van der Waals surface area contributed by atoms with Crippen LogP contribution in [0.4, 0.5) is 0 Å². The SMILES string of the molecule is CCc1ccccc1O[C@H](C)C(=O)NCCOc1ccccc1. The molecule has 0 unspecified atom stereocenters. The number of para-hydroxylation sites is 2. The highest BCUT2D eigenvalue weighted by atomic mass is 16.5. The van der Waals surface area contributed by atoms with Crippen molar-refractivity contribution in [1.82, 2.24) is 5.32 Å². The predicted molar refractivity (Wildman–Crippen MR) is 90.9 cm³/mol. The van der Waals surface area contributed by atoms with Gasteiger partial charge in [0.05, 0.1) is 6.54 Å². The molecule has 0 fully saturated rings. The first-order valence-corrected chi connectivity index (χ1v) is 7.91. The van der Waals surface area contributed by atoms with Crippen molar-refractivity contribution in [2.75, 3.05) is 13.2 Å². The summed E-state index contributed by atoms with van der Waals surface area (Å²) in [6.45, 7) is 4.68. The van der Waals surface area contributed by atoms with Crippen molar-refractivity contribution < 1.29 is 14.3 Å². The number of carbonyl (C=O) groups excluding carboxylic acids is 1. The van der Waals surface area contributed by atoms with Crippen LogP contribution in [0, 0.1) is 0 Å². The molecule has 0 aliphatic rings. The molecule has 122 valence electrons. The molecule has 1 N–H and O–H groups in total. The molecule has 2 aromatic rings. The van der Waals surface area contributed by atoms with Gasteiger partial charge in [-0.25, -0.2) is 0 Å². The third-order valence-electron chi connectivity index (χ3n) is 3.44. The minimum Gasteiger partial charge on any atom is -0.492 e. The average Bonchev–Trinajstić information content (AvgIpc) is 2.60. The Bertz CT molecular complexity index is 613. The van der Waals surface area contributed by atoms with E-state index in [0.29, 0.717) is 13.2 Å². The first-order chi connectivity index (χ1) is 11.2. The molecule has 0 heterocycles. The number of ether oxygens (including phenoxy) is 2. The van der Waals surface area contributed by atoms with E-state index in [1.54, 1.807) is 6.92 Å². The van der Waals surface area contributed by atoms with Gasteiger partial charge in [0.2, 0.25) is 0 Å². The summed E-state index contributed by atoms with van der Waals surface area (Å²) in [6.07, 6.45) is 0.328. The second-order valence-corrected chi connectivity index (χ2v) is 5.17. The van der Waals surface area contributed by atoms with Crippen molar-refractivity contribution in [1.29, 1.82) is 0 Å². The van der Waals surface area contributed by atoms with Gasteiger partial charge < -0.3 is 14.8 Å². The van der Waals surface area contributed by atoms with Crippen molar-refractivity contribution in [3.63, 3.8) is 0 Å². The summed E-state index contributed by atoms with van der Waals surface area (Å²) in [7, 11) is 0. The zero-order valence-corrected chi connectivity index (χ0v) is 13.6. The number of nitrogens with one attached hydrogen (secondary N) is 1. The third kappa shape index (κ3) is 5.33. The summed E-state index contributed by atoms with van der Waals surface area (Å²) in [5.74, 6) is 1.41. The number of amides is 1. The number of aryl methyl sites for hydroxylation is 1. The maximum Gasteiger partial charge on any atom is 0.260 e. The lowest BCUT2D eigenvalue weighted by atomic mass is 10.1. The Morgan fingerprint density at radius 1 is 1.09 bits per heavy atom. The molecule has 0 aliphatic heterocycles. The van der Waals surface area contributed by atoms with E-state index in [2.05, 4.69) is 12.2 Å². The standard InChI is InChI=1S/C19H23NO3/c1-3-16-9-7-8-12-18(16)23-15(2)19(21)20-13-14-22-17-10-5-4-6-11-17/h4-12,15H,3,13-14H2,1-2H3,(H,20,21)/t15-/m1/s1. The number of carbonyl (C=O) groups is 1. The van der Waals surface area contributed by atoms with Crippen molar-refractivity contribution in [3.05, 3.63) is 60.2 Å². The molecule has 2 rings (SSSR count). The third-order valence-corrected chi connectivity index (χ3v) is 3.44. The molecular formula is C19H23NO3. The fourth-order valence-electron chi connectivity index (χ4n) is 2.16. The van der Waals surface area contributed by atoms with E-state index in [-0.39, 0.29) is 5.91 Å². The van der Waals surface area contributed by atoms with Gasteiger partial charge in [0, 0.05) is 0 Å². The van der Waals surface area contributed by atoms with Crippen LogP contribution in [0.25, 0.3) is 0 Å². The first-order valence-electron chi connectivity index (χ1n) is 7.91. The topological polar surface area (TPSA) is 47.6 Å². The van der Waals surface area contributed by atoms with Crippen LogP contribution in [0.3, 0.4) is 0 Å². The van der Waals surface area contributed by atoms with E-state index in [1.807, 2.05) is 54.6 Å². The van der Waals surface area contributed by atoms with Gasteiger partial charge in [-0.05, 0) is 37.1 Å². The van der Waals surface area contributed by atoms with Crippen molar-refractivity contribution in [2.45, 2.75) is 26.4 Å². The highest BCUT2D eigenvalue weighted by molar-refractivity contribution is 5.80. The van der Waals surface area contributed by atoms with Gasteiger partial charge in [-0.2, -0.15) is 0 Å². The summed E-state index contributed by atoms with van der Waals surface area (Å²) in [6, 6.07) is 17.3. The summed E-state index contributed by atoms with van der Waals surface area (Å²) in [4.78, 5) is 12.1. The molecule has 0 saturated carbocycles. The summed E-state index contributed by atoms with van der Waals surface area (Å²) in [5, 5.41) is 2.82. The lowest BCUT2D eigenvalue weighted by Crippen LogP contribution is -2.38. The summed E-state index contributed by atoms with van der Waals surface area (Å²) >= 11 is 0. The quantitative estimate of drug-likeness (QED) is 0.761. The molecule has 0 saturated heterocycles. The second kappa shape index (κ2) is 8.83. The normalized spacial score (nSPS) is 11.6. The fourth-order valence-corrected chi connectivity index (χ4v) is 2.16. The second-order valence-electron chi connectivity index (χ2n) is 5.17. The van der Waals surface area contributed by atoms with Crippen LogP contribution in [0.2, 0.25) is 0 Å². The zero-order chi connectivity index (χ0) is 16.5. The summed E-state index contributed by atoms with van der Waals surface area (Å²) < 4.78 is 11.3. The molecular weight excluding hydrogens is 290 g/mol. The highest BCUT2D eigenvalue weighted by Gasteiger charge is 2.15. The number of hydrogen-bond donors (Lipinski definition) is 1. The Hall–Kier alpha value is -2.49. The molecule has 2 aromatic carbocycles. The Balaban J connectivity index is 1.74. The maximum atomic E-state index is 12.1. The van der Waals surface area contributed by atoms with Gasteiger partial charge in [0.15, 0.2) is 6.10 Å². The Labute approximate surface area is 137 Å². The van der Waals surface area contributed by atoms with Crippen molar-refractivity contribution in [3.8, 4) is 11.5 Å². The molecule has 0 aliphatic carbocycles. The molecule has 4 heteroatoms. The van der Waals surface area contributed by atoms with E-state index < -0.39 is 6.10 Å². The van der Waals surface area contributed by atoms with Gasteiger partial charge >= 0.3 is 0 Å². The van der Waals surface area contributed by atoms with E-state index in [1.165, 1.54) is 0 Å². The number of hydrogen-bond acceptors (Lipinski definition) is 3. The molecule has 1 amide bonds. The van der Waals surface area contributed by atoms with Gasteiger partial charge in [-0.3, -0.25) is 4.79 Å². The molecule has 4 nitrogen and oxygen atoms in total. The lowest BCUT2D eigenvalue weighted by molar-refractivity contribution is -0.127. The predicted octanol–water partition coefficient (Wildman–Crippen LogP) is 3.21. The van der Waals surface area contributed by atoms with Crippen LogP contribution in [0.5, 0.6) is 11.5 Å². The van der Waals surface area contributed by atoms with Crippen molar-refractivity contribution in [2.24, 2.45) is 0 Å². The Morgan fingerprint density at radius 2 is 1.78 bits per heavy atom. The van der Waals surface area contributed by atoms with Crippen LogP contribution in [-0.4, -0.2) is 25.2 Å². The zero-order valence-electron chi connectivity index (χ0n) is 13.6. The monoisotopic (exact) mass is 313 g/mol. The lowest BCUT2D eigenvalue weighted by Gasteiger charge is -2.17. The first kappa shape index (κ1) is 16.9.